The van der Waals surface area contributed by atoms with Crippen LogP contribution in [0.5, 0.6) is 0 Å². The minimum Gasteiger partial charge on any atom is -0.370 e. The number of benzene rings is 2. The molecule has 0 saturated carbocycles. The van der Waals surface area contributed by atoms with Crippen LogP contribution in [0.25, 0.3) is 0 Å². The Hall–Kier alpha value is -1.39. The highest BCUT2D eigenvalue weighted by Crippen LogP contribution is 2.25. The Kier molecular flexibility index (Phi) is 5.15. The Morgan fingerprint density at radius 2 is 2.00 bits per heavy atom. The SMILES string of the molecule is CNCc1cc(Br)ccc1N(C)Cc1cccc(F)c1. The summed E-state index contributed by atoms with van der Waals surface area (Å²) in [7, 11) is 3.95. The summed E-state index contributed by atoms with van der Waals surface area (Å²) < 4.78 is 14.3. The molecule has 1 N–H and O–H groups in total. The van der Waals surface area contributed by atoms with E-state index >= 15 is 0 Å². The molecule has 0 aliphatic rings. The highest BCUT2D eigenvalue weighted by atomic mass is 79.9. The van der Waals surface area contributed by atoms with Gasteiger partial charge in [0.2, 0.25) is 0 Å². The smallest absolute Gasteiger partial charge is 0.123 e. The molecule has 0 spiro atoms. The highest BCUT2D eigenvalue weighted by Gasteiger charge is 2.08. The zero-order valence-corrected chi connectivity index (χ0v) is 13.2. The maximum absolute atomic E-state index is 13.2. The summed E-state index contributed by atoms with van der Waals surface area (Å²) in [4.78, 5) is 2.13. The van der Waals surface area contributed by atoms with E-state index in [1.165, 1.54) is 11.6 Å². The van der Waals surface area contributed by atoms with Crippen LogP contribution in [0.15, 0.2) is 46.9 Å². The summed E-state index contributed by atoms with van der Waals surface area (Å²) in [5.41, 5.74) is 3.32. The molecule has 106 valence electrons. The first-order chi connectivity index (χ1) is 9.60. The Bertz CT molecular complexity index is 586. The van der Waals surface area contributed by atoms with Crippen molar-refractivity contribution in [1.82, 2.24) is 5.32 Å². The first-order valence-electron chi connectivity index (χ1n) is 6.49. The van der Waals surface area contributed by atoms with Crippen molar-refractivity contribution in [3.05, 3.63) is 63.9 Å². The second-order valence-electron chi connectivity index (χ2n) is 4.79. The topological polar surface area (TPSA) is 15.3 Å². The highest BCUT2D eigenvalue weighted by molar-refractivity contribution is 9.10. The quantitative estimate of drug-likeness (QED) is 0.889. The summed E-state index contributed by atoms with van der Waals surface area (Å²) in [5.74, 6) is -0.192. The van der Waals surface area contributed by atoms with Crippen LogP contribution < -0.4 is 10.2 Å². The lowest BCUT2D eigenvalue weighted by Gasteiger charge is -2.23. The third kappa shape index (κ3) is 3.81. The summed E-state index contributed by atoms with van der Waals surface area (Å²) in [6, 6.07) is 12.9. The van der Waals surface area contributed by atoms with Gasteiger partial charge in [0.25, 0.3) is 0 Å². The van der Waals surface area contributed by atoms with Gasteiger partial charge in [0.05, 0.1) is 0 Å². The van der Waals surface area contributed by atoms with E-state index in [1.807, 2.05) is 26.2 Å². The number of anilines is 1. The summed E-state index contributed by atoms with van der Waals surface area (Å²) >= 11 is 3.50. The van der Waals surface area contributed by atoms with Gasteiger partial charge >= 0.3 is 0 Å². The number of rotatable bonds is 5. The van der Waals surface area contributed by atoms with E-state index in [0.29, 0.717) is 6.54 Å². The van der Waals surface area contributed by atoms with Crippen LogP contribution in [0.2, 0.25) is 0 Å². The van der Waals surface area contributed by atoms with Crippen LogP contribution in [0.3, 0.4) is 0 Å². The molecule has 0 radical (unpaired) electrons. The Morgan fingerprint density at radius 1 is 1.20 bits per heavy atom. The van der Waals surface area contributed by atoms with Crippen LogP contribution in [0.4, 0.5) is 10.1 Å². The van der Waals surface area contributed by atoms with Gasteiger partial charge in [-0.3, -0.25) is 0 Å². The maximum atomic E-state index is 13.2. The standard InChI is InChI=1S/C16H18BrFN2/c1-19-10-13-9-14(17)6-7-16(13)20(2)11-12-4-3-5-15(18)8-12/h3-9,19H,10-11H2,1-2H3. The molecule has 0 amide bonds. The van der Waals surface area contributed by atoms with Crippen molar-refractivity contribution in [2.45, 2.75) is 13.1 Å². The third-order valence-electron chi connectivity index (χ3n) is 3.13. The predicted molar refractivity (Wildman–Crippen MR) is 85.4 cm³/mol. The average molecular weight is 337 g/mol. The Labute approximate surface area is 127 Å². The molecule has 2 aromatic rings. The lowest BCUT2D eigenvalue weighted by molar-refractivity contribution is 0.625. The third-order valence-corrected chi connectivity index (χ3v) is 3.62. The Morgan fingerprint density at radius 3 is 2.70 bits per heavy atom. The molecule has 2 aromatic carbocycles. The van der Waals surface area contributed by atoms with Crippen molar-refractivity contribution in [2.24, 2.45) is 0 Å². The largest absolute Gasteiger partial charge is 0.370 e. The van der Waals surface area contributed by atoms with Crippen molar-refractivity contribution >= 4 is 21.6 Å². The molecular weight excluding hydrogens is 319 g/mol. The molecule has 20 heavy (non-hydrogen) atoms. The van der Waals surface area contributed by atoms with Crippen LogP contribution in [0, 0.1) is 5.82 Å². The lowest BCUT2D eigenvalue weighted by atomic mass is 10.1. The van der Waals surface area contributed by atoms with Gasteiger partial charge in [0.15, 0.2) is 0 Å². The van der Waals surface area contributed by atoms with Crippen molar-refractivity contribution < 1.29 is 4.39 Å². The monoisotopic (exact) mass is 336 g/mol. The molecule has 0 heterocycles. The molecule has 0 saturated heterocycles. The van der Waals surface area contributed by atoms with Crippen molar-refractivity contribution in [1.29, 1.82) is 0 Å². The van der Waals surface area contributed by atoms with Crippen LogP contribution in [-0.4, -0.2) is 14.1 Å². The fourth-order valence-electron chi connectivity index (χ4n) is 2.25. The average Bonchev–Trinajstić information content (AvgIpc) is 2.39. The molecular formula is C16H18BrFN2. The molecule has 0 bridgehead atoms. The van der Waals surface area contributed by atoms with E-state index in [1.54, 1.807) is 12.1 Å². The van der Waals surface area contributed by atoms with Gasteiger partial charge in [-0.1, -0.05) is 28.1 Å². The molecule has 0 fully saturated rings. The minimum atomic E-state index is -0.192. The fraction of sp³-hybridized carbons (Fsp3) is 0.250. The number of hydrogen-bond acceptors (Lipinski definition) is 2. The molecule has 2 rings (SSSR count). The van der Waals surface area contributed by atoms with Gasteiger partial charge in [0.1, 0.15) is 5.82 Å². The van der Waals surface area contributed by atoms with E-state index in [4.69, 9.17) is 0 Å². The van der Waals surface area contributed by atoms with Crippen molar-refractivity contribution in [2.75, 3.05) is 19.0 Å². The number of halogens is 2. The first-order valence-corrected chi connectivity index (χ1v) is 7.28. The van der Waals surface area contributed by atoms with Gasteiger partial charge < -0.3 is 10.2 Å². The molecule has 0 aromatic heterocycles. The number of nitrogens with zero attached hydrogens (tertiary/aromatic N) is 1. The summed E-state index contributed by atoms with van der Waals surface area (Å²) in [6.45, 7) is 1.47. The number of hydrogen-bond donors (Lipinski definition) is 1. The molecule has 4 heteroatoms. The van der Waals surface area contributed by atoms with Crippen molar-refractivity contribution in [3.63, 3.8) is 0 Å². The van der Waals surface area contributed by atoms with Crippen molar-refractivity contribution in [3.8, 4) is 0 Å². The molecule has 0 atom stereocenters. The van der Waals surface area contributed by atoms with E-state index in [9.17, 15) is 4.39 Å². The summed E-state index contributed by atoms with van der Waals surface area (Å²) in [6.07, 6.45) is 0. The second kappa shape index (κ2) is 6.86. The number of nitrogens with one attached hydrogen (secondary N) is 1. The zero-order chi connectivity index (χ0) is 14.5. The lowest BCUT2D eigenvalue weighted by Crippen LogP contribution is -2.19. The maximum Gasteiger partial charge on any atom is 0.123 e. The van der Waals surface area contributed by atoms with Gasteiger partial charge in [-0.2, -0.15) is 0 Å². The Balaban J connectivity index is 2.22. The van der Waals surface area contributed by atoms with Gasteiger partial charge in [-0.15, -0.1) is 0 Å². The van der Waals surface area contributed by atoms with Gasteiger partial charge in [0, 0.05) is 30.3 Å². The van der Waals surface area contributed by atoms with Gasteiger partial charge in [-0.05, 0) is 48.5 Å². The van der Waals surface area contributed by atoms with Crippen LogP contribution >= 0.6 is 15.9 Å². The summed E-state index contributed by atoms with van der Waals surface area (Å²) in [5, 5.41) is 3.17. The van der Waals surface area contributed by atoms with E-state index < -0.39 is 0 Å². The zero-order valence-electron chi connectivity index (χ0n) is 11.7. The van der Waals surface area contributed by atoms with Crippen LogP contribution in [-0.2, 0) is 13.1 Å². The van der Waals surface area contributed by atoms with Gasteiger partial charge in [-0.25, -0.2) is 4.39 Å². The van der Waals surface area contributed by atoms with E-state index in [-0.39, 0.29) is 5.82 Å². The van der Waals surface area contributed by atoms with Crippen LogP contribution in [0.1, 0.15) is 11.1 Å². The molecule has 0 unspecified atom stereocenters. The second-order valence-corrected chi connectivity index (χ2v) is 5.71. The molecule has 0 aliphatic carbocycles. The van der Waals surface area contributed by atoms with E-state index in [0.717, 1.165) is 22.3 Å². The normalized spacial score (nSPS) is 10.6. The molecule has 2 nitrogen and oxygen atoms in total. The predicted octanol–water partition coefficient (Wildman–Crippen LogP) is 3.94. The minimum absolute atomic E-state index is 0.192. The first kappa shape index (κ1) is 15.0. The molecule has 0 aliphatic heterocycles. The fourth-order valence-corrected chi connectivity index (χ4v) is 2.66. The van der Waals surface area contributed by atoms with E-state index in [2.05, 4.69) is 38.3 Å².